The van der Waals surface area contributed by atoms with Crippen molar-refractivity contribution in [2.45, 2.75) is 35.9 Å². The Labute approximate surface area is 143 Å². The van der Waals surface area contributed by atoms with E-state index in [1.54, 1.807) is 10.4 Å². The maximum atomic E-state index is 12.9. The maximum absolute atomic E-state index is 12.9. The number of thiophene rings is 1. The quantitative estimate of drug-likeness (QED) is 0.805. The molecule has 2 aliphatic rings. The van der Waals surface area contributed by atoms with Crippen molar-refractivity contribution in [3.8, 4) is 0 Å². The standard InChI is InChI=1S/C13H18BrClN2O2S2/c14-13-11(15)7-12(20-13)21(18,19)17(10-1-2-10)8-9-3-5-16-6-4-9/h7,9-10,16H,1-6,8H2. The first kappa shape index (κ1) is 16.2. The van der Waals surface area contributed by atoms with Gasteiger partial charge in [-0.3, -0.25) is 0 Å². The molecular weight excluding hydrogens is 396 g/mol. The summed E-state index contributed by atoms with van der Waals surface area (Å²) in [6.45, 7) is 2.61. The van der Waals surface area contributed by atoms with Gasteiger partial charge in [0.1, 0.15) is 4.21 Å². The summed E-state index contributed by atoms with van der Waals surface area (Å²) < 4.78 is 28.5. The van der Waals surface area contributed by atoms with Crippen LogP contribution < -0.4 is 5.32 Å². The molecule has 0 bridgehead atoms. The third kappa shape index (κ3) is 3.64. The van der Waals surface area contributed by atoms with Gasteiger partial charge in [-0.2, -0.15) is 4.31 Å². The zero-order valence-electron chi connectivity index (χ0n) is 11.5. The second-order valence-electron chi connectivity index (χ2n) is 5.69. The van der Waals surface area contributed by atoms with Crippen molar-refractivity contribution >= 4 is 48.9 Å². The third-order valence-corrected chi connectivity index (χ3v) is 8.88. The van der Waals surface area contributed by atoms with Crippen LogP contribution >= 0.6 is 38.9 Å². The molecule has 1 N–H and O–H groups in total. The molecule has 0 unspecified atom stereocenters. The van der Waals surface area contributed by atoms with E-state index >= 15 is 0 Å². The van der Waals surface area contributed by atoms with E-state index in [2.05, 4.69) is 21.2 Å². The highest BCUT2D eigenvalue weighted by molar-refractivity contribution is 9.11. The van der Waals surface area contributed by atoms with Crippen molar-refractivity contribution in [3.05, 3.63) is 14.9 Å². The SMILES string of the molecule is O=S(=O)(c1cc(Cl)c(Br)s1)N(CC1CCNCC1)C1CC1. The van der Waals surface area contributed by atoms with Crippen LogP contribution in [0.1, 0.15) is 25.7 Å². The molecule has 1 saturated heterocycles. The van der Waals surface area contributed by atoms with E-state index in [4.69, 9.17) is 11.6 Å². The first-order chi connectivity index (χ1) is 9.98. The van der Waals surface area contributed by atoms with Crippen LogP contribution in [0.15, 0.2) is 14.1 Å². The number of nitrogens with zero attached hydrogens (tertiary/aromatic N) is 1. The molecule has 3 rings (SSSR count). The highest BCUT2D eigenvalue weighted by Crippen LogP contribution is 2.39. The molecule has 0 atom stereocenters. The van der Waals surface area contributed by atoms with Crippen LogP contribution in [0.2, 0.25) is 5.02 Å². The molecule has 0 spiro atoms. The van der Waals surface area contributed by atoms with Gasteiger partial charge in [0.15, 0.2) is 0 Å². The predicted octanol–water partition coefficient (Wildman–Crippen LogP) is 3.32. The van der Waals surface area contributed by atoms with E-state index in [0.717, 1.165) is 38.8 Å². The van der Waals surface area contributed by atoms with Gasteiger partial charge >= 0.3 is 0 Å². The Hall–Kier alpha value is 0.340. The van der Waals surface area contributed by atoms with E-state index in [0.29, 0.717) is 25.5 Å². The van der Waals surface area contributed by atoms with Gasteiger partial charge in [-0.05, 0) is 66.7 Å². The van der Waals surface area contributed by atoms with Crippen molar-refractivity contribution in [1.82, 2.24) is 9.62 Å². The Kier molecular flexibility index (Phi) is 4.98. The Balaban J connectivity index is 1.82. The zero-order valence-corrected chi connectivity index (χ0v) is 15.5. The summed E-state index contributed by atoms with van der Waals surface area (Å²) >= 11 is 10.5. The lowest BCUT2D eigenvalue weighted by Gasteiger charge is -2.29. The van der Waals surface area contributed by atoms with E-state index in [-0.39, 0.29) is 6.04 Å². The molecule has 2 fully saturated rings. The number of rotatable bonds is 5. The molecule has 1 aliphatic carbocycles. The summed E-state index contributed by atoms with van der Waals surface area (Å²) in [5.74, 6) is 0.459. The number of halogens is 2. The van der Waals surface area contributed by atoms with Gasteiger partial charge in [0.25, 0.3) is 10.0 Å². The fraction of sp³-hybridized carbons (Fsp3) is 0.692. The van der Waals surface area contributed by atoms with Crippen molar-refractivity contribution in [1.29, 1.82) is 0 Å². The van der Waals surface area contributed by atoms with Crippen LogP contribution in [0.3, 0.4) is 0 Å². The summed E-state index contributed by atoms with van der Waals surface area (Å²) in [7, 11) is -3.42. The number of hydrogen-bond acceptors (Lipinski definition) is 4. The average Bonchev–Trinajstić information content (AvgIpc) is 3.23. The number of sulfonamides is 1. The number of nitrogens with one attached hydrogen (secondary N) is 1. The first-order valence-electron chi connectivity index (χ1n) is 7.16. The van der Waals surface area contributed by atoms with Gasteiger partial charge < -0.3 is 5.32 Å². The van der Waals surface area contributed by atoms with Gasteiger partial charge in [-0.15, -0.1) is 11.3 Å². The molecule has 1 saturated carbocycles. The Morgan fingerprint density at radius 1 is 1.33 bits per heavy atom. The second kappa shape index (κ2) is 6.45. The topological polar surface area (TPSA) is 49.4 Å². The van der Waals surface area contributed by atoms with Gasteiger partial charge in [0.05, 0.1) is 8.81 Å². The van der Waals surface area contributed by atoms with Crippen molar-refractivity contribution in [3.63, 3.8) is 0 Å². The molecule has 0 amide bonds. The van der Waals surface area contributed by atoms with E-state index in [1.807, 2.05) is 0 Å². The summed E-state index contributed by atoms with van der Waals surface area (Å²) in [6, 6.07) is 1.74. The molecule has 21 heavy (non-hydrogen) atoms. The minimum absolute atomic E-state index is 0.185. The van der Waals surface area contributed by atoms with Crippen molar-refractivity contribution < 1.29 is 8.42 Å². The van der Waals surface area contributed by atoms with E-state index in [1.165, 1.54) is 11.3 Å². The summed E-state index contributed by atoms with van der Waals surface area (Å²) in [5, 5.41) is 3.79. The lowest BCUT2D eigenvalue weighted by molar-refractivity contribution is 0.283. The maximum Gasteiger partial charge on any atom is 0.252 e. The fourth-order valence-electron chi connectivity index (χ4n) is 2.69. The molecular formula is C13H18BrClN2O2S2. The van der Waals surface area contributed by atoms with E-state index < -0.39 is 10.0 Å². The van der Waals surface area contributed by atoms with Crippen LogP contribution in [0.5, 0.6) is 0 Å². The predicted molar refractivity (Wildman–Crippen MR) is 89.5 cm³/mol. The van der Waals surface area contributed by atoms with Gasteiger partial charge in [0.2, 0.25) is 0 Å². The van der Waals surface area contributed by atoms with Gasteiger partial charge in [-0.25, -0.2) is 8.42 Å². The molecule has 4 nitrogen and oxygen atoms in total. The lowest BCUT2D eigenvalue weighted by atomic mass is 9.98. The number of piperidine rings is 1. The monoisotopic (exact) mass is 412 g/mol. The highest BCUT2D eigenvalue weighted by atomic mass is 79.9. The summed E-state index contributed by atoms with van der Waals surface area (Å²) in [6.07, 6.45) is 4.05. The molecule has 8 heteroatoms. The molecule has 0 aromatic carbocycles. The first-order valence-corrected chi connectivity index (χ1v) is 10.6. The van der Waals surface area contributed by atoms with Crippen molar-refractivity contribution in [2.75, 3.05) is 19.6 Å². The van der Waals surface area contributed by atoms with Gasteiger partial charge in [-0.1, -0.05) is 11.6 Å². The third-order valence-electron chi connectivity index (χ3n) is 4.04. The molecule has 1 aromatic heterocycles. The van der Waals surface area contributed by atoms with Crippen LogP contribution in [-0.4, -0.2) is 38.4 Å². The van der Waals surface area contributed by atoms with Crippen LogP contribution in [0.25, 0.3) is 0 Å². The smallest absolute Gasteiger partial charge is 0.252 e. The summed E-state index contributed by atoms with van der Waals surface area (Å²) in [5.41, 5.74) is 0. The zero-order chi connectivity index (χ0) is 15.0. The van der Waals surface area contributed by atoms with Crippen LogP contribution in [0, 0.1) is 5.92 Å². The van der Waals surface area contributed by atoms with Crippen LogP contribution in [0.4, 0.5) is 0 Å². The average molecular weight is 414 g/mol. The molecule has 1 aliphatic heterocycles. The van der Waals surface area contributed by atoms with Crippen LogP contribution in [-0.2, 0) is 10.0 Å². The second-order valence-corrected chi connectivity index (χ2v) is 10.6. The minimum Gasteiger partial charge on any atom is -0.317 e. The molecule has 0 radical (unpaired) electrons. The van der Waals surface area contributed by atoms with Gasteiger partial charge in [0, 0.05) is 12.6 Å². The lowest BCUT2D eigenvalue weighted by Crippen LogP contribution is -2.40. The van der Waals surface area contributed by atoms with E-state index in [9.17, 15) is 8.42 Å². The fourth-order valence-corrected chi connectivity index (χ4v) is 6.98. The molecule has 118 valence electrons. The largest absolute Gasteiger partial charge is 0.317 e. The molecule has 1 aromatic rings. The number of hydrogen-bond donors (Lipinski definition) is 1. The summed E-state index contributed by atoms with van der Waals surface area (Å²) in [4.78, 5) is 0. The Morgan fingerprint density at radius 3 is 2.52 bits per heavy atom. The molecule has 2 heterocycles. The Morgan fingerprint density at radius 2 is 2.00 bits per heavy atom. The Bertz CT molecular complexity index is 590. The van der Waals surface area contributed by atoms with Crippen molar-refractivity contribution in [2.24, 2.45) is 5.92 Å². The highest BCUT2D eigenvalue weighted by Gasteiger charge is 2.40. The normalized spacial score (nSPS) is 21.1. The minimum atomic E-state index is -3.42.